The molecule has 0 saturated heterocycles. The summed E-state index contributed by atoms with van der Waals surface area (Å²) in [6, 6.07) is 3.30. The molecule has 1 atom stereocenters. The van der Waals surface area contributed by atoms with Crippen LogP contribution in [0.1, 0.15) is 19.8 Å². The first-order valence-corrected chi connectivity index (χ1v) is 7.61. The molecule has 1 aromatic rings. The molecule has 0 saturated carbocycles. The fourth-order valence-electron chi connectivity index (χ4n) is 1.63. The SMILES string of the molecule is CCC[C@H](N)C(=O)Nc1cc(S(N)(=O)=O)ccc1OC. The molecule has 1 amide bonds. The van der Waals surface area contributed by atoms with Gasteiger partial charge in [-0.1, -0.05) is 13.3 Å². The number of hydrogen-bond donors (Lipinski definition) is 3. The lowest BCUT2D eigenvalue weighted by Gasteiger charge is -2.14. The topological polar surface area (TPSA) is 125 Å². The molecule has 0 aliphatic heterocycles. The van der Waals surface area contributed by atoms with Crippen LogP contribution in [0.2, 0.25) is 0 Å². The Hall–Kier alpha value is -1.64. The Bertz CT molecular complexity index is 586. The maximum atomic E-state index is 11.9. The molecule has 0 fully saturated rings. The predicted molar refractivity (Wildman–Crippen MR) is 75.9 cm³/mol. The molecule has 20 heavy (non-hydrogen) atoms. The molecular formula is C12H19N3O4S. The molecule has 0 heterocycles. The van der Waals surface area contributed by atoms with Gasteiger partial charge in [-0.05, 0) is 24.6 Å². The van der Waals surface area contributed by atoms with Gasteiger partial charge in [0.15, 0.2) is 0 Å². The van der Waals surface area contributed by atoms with Crippen LogP contribution >= 0.6 is 0 Å². The third-order valence-electron chi connectivity index (χ3n) is 2.69. The van der Waals surface area contributed by atoms with Crippen molar-refractivity contribution in [2.75, 3.05) is 12.4 Å². The van der Waals surface area contributed by atoms with Crippen molar-refractivity contribution in [3.63, 3.8) is 0 Å². The lowest BCUT2D eigenvalue weighted by molar-refractivity contribution is -0.117. The summed E-state index contributed by atoms with van der Waals surface area (Å²) in [5, 5.41) is 7.60. The first-order valence-electron chi connectivity index (χ1n) is 6.07. The van der Waals surface area contributed by atoms with Crippen molar-refractivity contribution in [3.05, 3.63) is 18.2 Å². The minimum absolute atomic E-state index is 0.113. The van der Waals surface area contributed by atoms with Crippen molar-refractivity contribution in [2.45, 2.75) is 30.7 Å². The van der Waals surface area contributed by atoms with E-state index >= 15 is 0 Å². The molecule has 0 spiro atoms. The number of hydrogen-bond acceptors (Lipinski definition) is 5. The van der Waals surface area contributed by atoms with Crippen molar-refractivity contribution in [1.29, 1.82) is 0 Å². The number of sulfonamides is 1. The van der Waals surface area contributed by atoms with Gasteiger partial charge in [0.2, 0.25) is 15.9 Å². The summed E-state index contributed by atoms with van der Waals surface area (Å²) < 4.78 is 27.7. The van der Waals surface area contributed by atoms with Gasteiger partial charge >= 0.3 is 0 Å². The van der Waals surface area contributed by atoms with E-state index < -0.39 is 22.0 Å². The van der Waals surface area contributed by atoms with E-state index in [1.807, 2.05) is 6.92 Å². The van der Waals surface area contributed by atoms with Gasteiger partial charge in [0.25, 0.3) is 0 Å². The Kier molecular flexibility index (Phi) is 5.49. The highest BCUT2D eigenvalue weighted by molar-refractivity contribution is 7.89. The number of anilines is 1. The number of nitrogens with one attached hydrogen (secondary N) is 1. The van der Waals surface area contributed by atoms with Gasteiger partial charge < -0.3 is 15.8 Å². The lowest BCUT2D eigenvalue weighted by atomic mass is 10.1. The Morgan fingerprint density at radius 2 is 2.10 bits per heavy atom. The Morgan fingerprint density at radius 3 is 2.60 bits per heavy atom. The zero-order chi connectivity index (χ0) is 15.3. The van der Waals surface area contributed by atoms with E-state index in [1.54, 1.807) is 0 Å². The summed E-state index contributed by atoms with van der Waals surface area (Å²) in [6.45, 7) is 1.91. The fraction of sp³-hybridized carbons (Fsp3) is 0.417. The molecule has 112 valence electrons. The number of carbonyl (C=O) groups is 1. The Balaban J connectivity index is 3.06. The molecule has 1 aromatic carbocycles. The maximum absolute atomic E-state index is 11.9. The summed E-state index contributed by atoms with van der Waals surface area (Å²) in [4.78, 5) is 11.7. The number of methoxy groups -OCH3 is 1. The summed E-state index contributed by atoms with van der Waals surface area (Å²) in [6.07, 6.45) is 1.30. The number of ether oxygens (including phenoxy) is 1. The van der Waals surface area contributed by atoms with E-state index in [4.69, 9.17) is 15.6 Å². The quantitative estimate of drug-likeness (QED) is 0.701. The minimum atomic E-state index is -3.85. The van der Waals surface area contributed by atoms with Crippen LogP contribution in [-0.2, 0) is 14.8 Å². The largest absolute Gasteiger partial charge is 0.495 e. The number of rotatable bonds is 6. The number of primary sulfonamides is 1. The van der Waals surface area contributed by atoms with Crippen LogP contribution in [-0.4, -0.2) is 27.5 Å². The highest BCUT2D eigenvalue weighted by Crippen LogP contribution is 2.27. The van der Waals surface area contributed by atoms with E-state index in [0.717, 1.165) is 6.42 Å². The summed E-state index contributed by atoms with van der Waals surface area (Å²) in [5.41, 5.74) is 5.91. The Morgan fingerprint density at radius 1 is 1.45 bits per heavy atom. The molecule has 0 bridgehead atoms. The van der Waals surface area contributed by atoms with Gasteiger partial charge in [0.1, 0.15) is 5.75 Å². The molecule has 0 aliphatic rings. The van der Waals surface area contributed by atoms with E-state index in [1.165, 1.54) is 25.3 Å². The maximum Gasteiger partial charge on any atom is 0.241 e. The van der Waals surface area contributed by atoms with Crippen molar-refractivity contribution in [2.24, 2.45) is 10.9 Å². The molecule has 0 aliphatic carbocycles. The second kappa shape index (κ2) is 6.69. The Labute approximate surface area is 118 Å². The van der Waals surface area contributed by atoms with Gasteiger partial charge in [-0.15, -0.1) is 0 Å². The van der Waals surface area contributed by atoms with Crippen molar-refractivity contribution in [1.82, 2.24) is 0 Å². The summed E-state index contributed by atoms with van der Waals surface area (Å²) >= 11 is 0. The van der Waals surface area contributed by atoms with Gasteiger partial charge in [-0.25, -0.2) is 13.6 Å². The third kappa shape index (κ3) is 4.19. The number of carbonyl (C=O) groups excluding carboxylic acids is 1. The molecule has 0 aromatic heterocycles. The third-order valence-corrected chi connectivity index (χ3v) is 3.60. The molecule has 0 radical (unpaired) electrons. The van der Waals surface area contributed by atoms with Gasteiger partial charge in [0, 0.05) is 0 Å². The van der Waals surface area contributed by atoms with Crippen LogP contribution in [0.25, 0.3) is 0 Å². The van der Waals surface area contributed by atoms with Gasteiger partial charge in [-0.2, -0.15) is 0 Å². The molecule has 8 heteroatoms. The molecule has 0 unspecified atom stereocenters. The second-order valence-electron chi connectivity index (χ2n) is 4.29. The van der Waals surface area contributed by atoms with Crippen LogP contribution in [0.5, 0.6) is 5.75 Å². The average Bonchev–Trinajstić information content (AvgIpc) is 2.37. The normalized spacial score (nSPS) is 12.8. The van der Waals surface area contributed by atoms with Crippen LogP contribution in [0.4, 0.5) is 5.69 Å². The number of nitrogens with two attached hydrogens (primary N) is 2. The van der Waals surface area contributed by atoms with E-state index in [9.17, 15) is 13.2 Å². The smallest absolute Gasteiger partial charge is 0.241 e. The first-order chi connectivity index (χ1) is 9.29. The van der Waals surface area contributed by atoms with Gasteiger partial charge in [0.05, 0.1) is 23.7 Å². The molecule has 5 N–H and O–H groups in total. The zero-order valence-electron chi connectivity index (χ0n) is 11.4. The molecule has 1 rings (SSSR count). The number of benzene rings is 1. The lowest BCUT2D eigenvalue weighted by Crippen LogP contribution is -2.35. The standard InChI is InChI=1S/C12H19N3O4S/c1-3-4-9(13)12(16)15-10-7-8(20(14,17)18)5-6-11(10)19-2/h5-7,9H,3-4,13H2,1-2H3,(H,15,16)(H2,14,17,18)/t9-/m0/s1. The minimum Gasteiger partial charge on any atom is -0.495 e. The van der Waals surface area contributed by atoms with E-state index in [0.29, 0.717) is 12.2 Å². The zero-order valence-corrected chi connectivity index (χ0v) is 12.2. The summed E-state index contributed by atoms with van der Waals surface area (Å²) in [7, 11) is -2.44. The first kappa shape index (κ1) is 16.4. The molecular weight excluding hydrogens is 282 g/mol. The van der Waals surface area contributed by atoms with Crippen molar-refractivity contribution < 1.29 is 17.9 Å². The van der Waals surface area contributed by atoms with Gasteiger partial charge in [-0.3, -0.25) is 4.79 Å². The van der Waals surface area contributed by atoms with Crippen LogP contribution in [0.15, 0.2) is 23.1 Å². The van der Waals surface area contributed by atoms with E-state index in [2.05, 4.69) is 5.32 Å². The summed E-state index contributed by atoms with van der Waals surface area (Å²) in [5.74, 6) is -0.0776. The predicted octanol–water partition coefficient (Wildman–Crippen LogP) is 0.409. The highest BCUT2D eigenvalue weighted by Gasteiger charge is 2.17. The van der Waals surface area contributed by atoms with Crippen molar-refractivity contribution in [3.8, 4) is 5.75 Å². The molecule has 7 nitrogen and oxygen atoms in total. The van der Waals surface area contributed by atoms with Crippen LogP contribution < -0.4 is 20.9 Å². The average molecular weight is 301 g/mol. The fourth-order valence-corrected chi connectivity index (χ4v) is 2.17. The van der Waals surface area contributed by atoms with E-state index in [-0.39, 0.29) is 10.6 Å². The monoisotopic (exact) mass is 301 g/mol. The highest BCUT2D eigenvalue weighted by atomic mass is 32.2. The van der Waals surface area contributed by atoms with Crippen LogP contribution in [0.3, 0.4) is 0 Å². The van der Waals surface area contributed by atoms with Crippen LogP contribution in [0, 0.1) is 0 Å². The number of amides is 1. The van der Waals surface area contributed by atoms with Crippen molar-refractivity contribution >= 4 is 21.6 Å². The second-order valence-corrected chi connectivity index (χ2v) is 5.85.